The molecule has 2 aromatic rings. The van der Waals surface area contributed by atoms with Crippen molar-refractivity contribution in [3.05, 3.63) is 32.6 Å². The van der Waals surface area contributed by atoms with Gasteiger partial charge in [-0.3, -0.25) is 0 Å². The molecule has 1 heterocycles. The van der Waals surface area contributed by atoms with Crippen molar-refractivity contribution >= 4 is 57.0 Å². The van der Waals surface area contributed by atoms with E-state index in [2.05, 4.69) is 10.3 Å². The van der Waals surface area contributed by atoms with Gasteiger partial charge in [0.05, 0.1) is 21.1 Å². The second kappa shape index (κ2) is 4.67. The normalized spacial score (nSPS) is 10.4. The van der Waals surface area contributed by atoms with Gasteiger partial charge in [-0.05, 0) is 12.1 Å². The number of hydrogen-bond acceptors (Lipinski definition) is 4. The van der Waals surface area contributed by atoms with Crippen molar-refractivity contribution in [2.75, 3.05) is 5.32 Å². The fraction of sp³-hybridized carbons (Fsp3) is 0. The van der Waals surface area contributed by atoms with Gasteiger partial charge in [-0.25, -0.2) is 0 Å². The number of thiazole rings is 1. The summed E-state index contributed by atoms with van der Waals surface area (Å²) < 4.78 is 0. The first-order valence-electron chi connectivity index (χ1n) is 4.12. The average molecular weight is 296 g/mol. The predicted molar refractivity (Wildman–Crippen MR) is 68.5 cm³/mol. The number of benzene rings is 1. The summed E-state index contributed by atoms with van der Waals surface area (Å²) >= 11 is 19.0. The Labute approximate surface area is 111 Å². The zero-order valence-corrected chi connectivity index (χ0v) is 10.8. The van der Waals surface area contributed by atoms with Gasteiger partial charge in [-0.1, -0.05) is 34.8 Å². The number of aromatic hydroxyl groups is 1. The molecule has 0 unspecified atom stereocenters. The maximum Gasteiger partial charge on any atom is 0.223 e. The van der Waals surface area contributed by atoms with E-state index in [-0.39, 0.29) is 5.88 Å². The highest BCUT2D eigenvalue weighted by Gasteiger charge is 2.09. The minimum atomic E-state index is -0.0475. The molecule has 2 N–H and O–H groups in total. The van der Waals surface area contributed by atoms with Gasteiger partial charge in [0, 0.05) is 5.02 Å². The summed E-state index contributed by atoms with van der Waals surface area (Å²) in [4.78, 5) is 3.82. The third-order valence-corrected chi connectivity index (χ3v) is 3.29. The highest BCUT2D eigenvalue weighted by molar-refractivity contribution is 7.14. The Morgan fingerprint density at radius 1 is 1.19 bits per heavy atom. The van der Waals surface area contributed by atoms with E-state index in [0.717, 1.165) is 0 Å². The molecule has 0 saturated heterocycles. The van der Waals surface area contributed by atoms with Crippen molar-refractivity contribution in [2.24, 2.45) is 0 Å². The molecular formula is C9H5Cl3N2OS. The lowest BCUT2D eigenvalue weighted by Crippen LogP contribution is -1.91. The summed E-state index contributed by atoms with van der Waals surface area (Å²) in [5.41, 5.74) is 0.516. The summed E-state index contributed by atoms with van der Waals surface area (Å²) in [6, 6.07) is 3.15. The molecule has 2 rings (SSSR count). The molecule has 0 atom stereocenters. The largest absolute Gasteiger partial charge is 0.493 e. The van der Waals surface area contributed by atoms with Gasteiger partial charge >= 0.3 is 0 Å². The molecule has 84 valence electrons. The van der Waals surface area contributed by atoms with Crippen LogP contribution in [0.15, 0.2) is 17.5 Å². The zero-order chi connectivity index (χ0) is 11.7. The standard InChI is InChI=1S/C9H5Cl3N2OS/c10-4-1-5(11)8(6(12)2-4)14-9-13-7(15)3-16-9/h1-3,15H,(H,13,14). The SMILES string of the molecule is Oc1csc(Nc2c(Cl)cc(Cl)cc2Cl)n1. The highest BCUT2D eigenvalue weighted by atomic mass is 35.5. The Morgan fingerprint density at radius 3 is 2.31 bits per heavy atom. The van der Waals surface area contributed by atoms with Crippen LogP contribution in [0.3, 0.4) is 0 Å². The number of anilines is 2. The van der Waals surface area contributed by atoms with Crippen LogP contribution in [0.5, 0.6) is 5.88 Å². The number of hydrogen-bond donors (Lipinski definition) is 2. The lowest BCUT2D eigenvalue weighted by Gasteiger charge is -2.07. The van der Waals surface area contributed by atoms with Crippen LogP contribution in [-0.2, 0) is 0 Å². The predicted octanol–water partition coefficient (Wildman–Crippen LogP) is 4.55. The third-order valence-electron chi connectivity index (χ3n) is 1.73. The first-order valence-corrected chi connectivity index (χ1v) is 6.13. The Kier molecular flexibility index (Phi) is 3.44. The molecule has 0 spiro atoms. The minimum Gasteiger partial charge on any atom is -0.493 e. The van der Waals surface area contributed by atoms with Gasteiger partial charge in [-0.2, -0.15) is 4.98 Å². The molecule has 0 aliphatic heterocycles. The van der Waals surface area contributed by atoms with Crippen LogP contribution in [0.25, 0.3) is 0 Å². The van der Waals surface area contributed by atoms with Crippen molar-refractivity contribution in [2.45, 2.75) is 0 Å². The van der Waals surface area contributed by atoms with E-state index in [1.54, 1.807) is 12.1 Å². The molecule has 0 aliphatic carbocycles. The lowest BCUT2D eigenvalue weighted by atomic mass is 10.3. The summed E-state index contributed by atoms with van der Waals surface area (Å²) in [5, 5.41) is 15.3. The molecule has 7 heteroatoms. The molecule has 1 aromatic carbocycles. The molecule has 0 amide bonds. The van der Waals surface area contributed by atoms with Crippen LogP contribution in [0.2, 0.25) is 15.1 Å². The van der Waals surface area contributed by atoms with E-state index in [4.69, 9.17) is 39.9 Å². The molecule has 0 radical (unpaired) electrons. The van der Waals surface area contributed by atoms with E-state index >= 15 is 0 Å². The topological polar surface area (TPSA) is 45.1 Å². The second-order valence-electron chi connectivity index (χ2n) is 2.88. The van der Waals surface area contributed by atoms with Crippen molar-refractivity contribution in [3.8, 4) is 5.88 Å². The monoisotopic (exact) mass is 294 g/mol. The molecule has 3 nitrogen and oxygen atoms in total. The Morgan fingerprint density at radius 2 is 1.81 bits per heavy atom. The van der Waals surface area contributed by atoms with E-state index < -0.39 is 0 Å². The van der Waals surface area contributed by atoms with Crippen LogP contribution in [-0.4, -0.2) is 10.1 Å². The zero-order valence-electron chi connectivity index (χ0n) is 7.67. The fourth-order valence-electron chi connectivity index (χ4n) is 1.09. The van der Waals surface area contributed by atoms with Crippen LogP contribution in [0.1, 0.15) is 0 Å². The Hall–Kier alpha value is -0.680. The quantitative estimate of drug-likeness (QED) is 0.854. The molecule has 0 fully saturated rings. The summed E-state index contributed by atoms with van der Waals surface area (Å²) in [6.07, 6.45) is 0. The van der Waals surface area contributed by atoms with Crippen LogP contribution in [0.4, 0.5) is 10.8 Å². The van der Waals surface area contributed by atoms with Gasteiger partial charge < -0.3 is 10.4 Å². The molecule has 0 bridgehead atoms. The number of nitrogens with zero attached hydrogens (tertiary/aromatic N) is 1. The molecule has 16 heavy (non-hydrogen) atoms. The maximum atomic E-state index is 9.09. The number of aromatic nitrogens is 1. The van der Waals surface area contributed by atoms with Crippen molar-refractivity contribution in [1.82, 2.24) is 4.98 Å². The summed E-state index contributed by atoms with van der Waals surface area (Å²) in [6.45, 7) is 0. The van der Waals surface area contributed by atoms with E-state index in [9.17, 15) is 0 Å². The molecule has 0 aliphatic rings. The van der Waals surface area contributed by atoms with Crippen LogP contribution in [0, 0.1) is 0 Å². The number of rotatable bonds is 2. The Balaban J connectivity index is 2.34. The van der Waals surface area contributed by atoms with Crippen molar-refractivity contribution < 1.29 is 5.11 Å². The fourth-order valence-corrected chi connectivity index (χ4v) is 2.58. The highest BCUT2D eigenvalue weighted by Crippen LogP contribution is 2.36. The maximum absolute atomic E-state index is 9.09. The minimum absolute atomic E-state index is 0.0475. The third kappa shape index (κ3) is 2.52. The van der Waals surface area contributed by atoms with Gasteiger partial charge in [-0.15, -0.1) is 11.3 Å². The molecule has 0 saturated carbocycles. The van der Waals surface area contributed by atoms with Gasteiger partial charge in [0.25, 0.3) is 0 Å². The van der Waals surface area contributed by atoms with Crippen molar-refractivity contribution in [1.29, 1.82) is 0 Å². The first-order chi connectivity index (χ1) is 7.56. The average Bonchev–Trinajstić information content (AvgIpc) is 2.58. The van der Waals surface area contributed by atoms with E-state index in [1.165, 1.54) is 16.7 Å². The second-order valence-corrected chi connectivity index (χ2v) is 4.99. The van der Waals surface area contributed by atoms with Crippen molar-refractivity contribution in [3.63, 3.8) is 0 Å². The summed E-state index contributed by atoms with van der Waals surface area (Å²) in [7, 11) is 0. The Bertz CT molecular complexity index is 506. The lowest BCUT2D eigenvalue weighted by molar-refractivity contribution is 0.458. The van der Waals surface area contributed by atoms with Crippen LogP contribution >= 0.6 is 46.1 Å². The van der Waals surface area contributed by atoms with Gasteiger partial charge in [0.2, 0.25) is 5.88 Å². The van der Waals surface area contributed by atoms with Gasteiger partial charge in [0.15, 0.2) is 5.13 Å². The number of halogens is 3. The van der Waals surface area contributed by atoms with E-state index in [0.29, 0.717) is 25.9 Å². The molecular weight excluding hydrogens is 291 g/mol. The first kappa shape index (κ1) is 11.8. The summed E-state index contributed by atoms with van der Waals surface area (Å²) in [5.74, 6) is -0.0475. The smallest absolute Gasteiger partial charge is 0.223 e. The van der Waals surface area contributed by atoms with E-state index in [1.807, 2.05) is 0 Å². The molecule has 1 aromatic heterocycles. The number of nitrogens with one attached hydrogen (secondary N) is 1. The van der Waals surface area contributed by atoms with Gasteiger partial charge in [0.1, 0.15) is 0 Å². The van der Waals surface area contributed by atoms with Crippen LogP contribution < -0.4 is 5.32 Å².